The second-order valence-electron chi connectivity index (χ2n) is 7.23. The third-order valence-electron chi connectivity index (χ3n) is 4.88. The van der Waals surface area contributed by atoms with Crippen LogP contribution in [0.2, 0.25) is 5.02 Å². The van der Waals surface area contributed by atoms with Crippen LogP contribution in [-0.2, 0) is 16.0 Å². The summed E-state index contributed by atoms with van der Waals surface area (Å²) < 4.78 is 0. The van der Waals surface area contributed by atoms with Gasteiger partial charge in [-0.25, -0.2) is 0 Å². The molecule has 7 heteroatoms. The molecule has 1 heterocycles. The second kappa shape index (κ2) is 9.38. The van der Waals surface area contributed by atoms with Crippen LogP contribution in [0.5, 0.6) is 0 Å². The molecular weight excluding hydrogens is 418 g/mol. The summed E-state index contributed by atoms with van der Waals surface area (Å²) in [6.45, 7) is 4.19. The van der Waals surface area contributed by atoms with Crippen LogP contribution in [0.1, 0.15) is 30.9 Å². The van der Waals surface area contributed by atoms with Crippen molar-refractivity contribution < 1.29 is 9.59 Å². The van der Waals surface area contributed by atoms with Crippen LogP contribution in [-0.4, -0.2) is 24.1 Å². The highest BCUT2D eigenvalue weighted by Gasteiger charge is 2.40. The Hall–Kier alpha value is -2.75. The summed E-state index contributed by atoms with van der Waals surface area (Å²) in [7, 11) is 1.47. The van der Waals surface area contributed by atoms with Crippen molar-refractivity contribution in [1.29, 1.82) is 5.26 Å². The van der Waals surface area contributed by atoms with E-state index in [0.717, 1.165) is 11.1 Å². The number of thioether (sulfide) groups is 1. The average molecular weight is 440 g/mol. The standard InChI is InChI=1S/C23H22ClN3O2S/c1-14(2)16-6-10-18(11-7-16)27-22(29)20(12-15-4-8-17(24)9-5-15)30-23(27)19(13-25)21(28)26-3/h4-11,14,20H,12H2,1-3H3,(H,26,28)/b23-19-. The van der Waals surface area contributed by atoms with Crippen LogP contribution >= 0.6 is 23.4 Å². The number of rotatable bonds is 5. The minimum absolute atomic E-state index is 0.0672. The van der Waals surface area contributed by atoms with Crippen LogP contribution in [0, 0.1) is 11.3 Å². The van der Waals surface area contributed by atoms with Crippen molar-refractivity contribution in [3.05, 3.63) is 75.3 Å². The van der Waals surface area contributed by atoms with Gasteiger partial charge in [-0.2, -0.15) is 5.26 Å². The molecule has 0 bridgehead atoms. The third-order valence-corrected chi connectivity index (χ3v) is 6.40. The van der Waals surface area contributed by atoms with Crippen molar-refractivity contribution in [2.24, 2.45) is 0 Å². The van der Waals surface area contributed by atoms with Crippen LogP contribution in [0.3, 0.4) is 0 Å². The molecule has 1 unspecified atom stereocenters. The van der Waals surface area contributed by atoms with E-state index in [0.29, 0.717) is 28.1 Å². The number of carbonyl (C=O) groups excluding carboxylic acids is 2. The minimum Gasteiger partial charge on any atom is -0.354 e. The highest BCUT2D eigenvalue weighted by molar-refractivity contribution is 8.05. The van der Waals surface area contributed by atoms with Gasteiger partial charge in [-0.05, 0) is 47.7 Å². The van der Waals surface area contributed by atoms with E-state index in [1.54, 1.807) is 12.1 Å². The molecule has 1 atom stereocenters. The summed E-state index contributed by atoms with van der Waals surface area (Å²) >= 11 is 7.21. The van der Waals surface area contributed by atoms with Crippen LogP contribution in [0.15, 0.2) is 59.1 Å². The molecule has 1 N–H and O–H groups in total. The Morgan fingerprint density at radius 1 is 1.20 bits per heavy atom. The maximum Gasteiger partial charge on any atom is 0.264 e. The summed E-state index contributed by atoms with van der Waals surface area (Å²) in [5.41, 5.74) is 2.68. The molecule has 0 aliphatic carbocycles. The molecule has 1 saturated heterocycles. The molecule has 0 radical (unpaired) electrons. The Morgan fingerprint density at radius 3 is 2.37 bits per heavy atom. The largest absolute Gasteiger partial charge is 0.354 e. The smallest absolute Gasteiger partial charge is 0.264 e. The Kier molecular flexibility index (Phi) is 6.86. The maximum atomic E-state index is 13.3. The van der Waals surface area contributed by atoms with E-state index in [-0.39, 0.29) is 11.5 Å². The molecule has 0 aromatic heterocycles. The van der Waals surface area contributed by atoms with Crippen molar-refractivity contribution in [2.45, 2.75) is 31.4 Å². The highest BCUT2D eigenvalue weighted by atomic mass is 35.5. The molecule has 5 nitrogen and oxygen atoms in total. The van der Waals surface area contributed by atoms with Gasteiger partial charge in [0.15, 0.2) is 0 Å². The van der Waals surface area contributed by atoms with E-state index in [1.807, 2.05) is 42.5 Å². The zero-order chi connectivity index (χ0) is 21.8. The van der Waals surface area contributed by atoms with Gasteiger partial charge in [0.05, 0.1) is 5.25 Å². The number of likely N-dealkylation sites (N-methyl/N-ethyl adjacent to an activating group) is 1. The third kappa shape index (κ3) is 4.53. The lowest BCUT2D eigenvalue weighted by Crippen LogP contribution is -2.31. The predicted octanol–water partition coefficient (Wildman–Crippen LogP) is 4.64. The molecule has 30 heavy (non-hydrogen) atoms. The number of amides is 2. The molecular formula is C23H22ClN3O2S. The first kappa shape index (κ1) is 21.9. The van der Waals surface area contributed by atoms with Crippen LogP contribution in [0.4, 0.5) is 5.69 Å². The molecule has 1 aliphatic rings. The minimum atomic E-state index is -0.510. The van der Waals surface area contributed by atoms with Gasteiger partial charge in [-0.3, -0.25) is 14.5 Å². The zero-order valence-corrected chi connectivity index (χ0v) is 18.6. The molecule has 2 aromatic rings. The molecule has 154 valence electrons. The molecule has 2 aromatic carbocycles. The SMILES string of the molecule is CNC(=O)/C(C#N)=C1\SC(Cc2ccc(Cl)cc2)C(=O)N1c1ccc(C(C)C)cc1. The van der Waals surface area contributed by atoms with Gasteiger partial charge in [0.25, 0.3) is 5.91 Å². The fourth-order valence-corrected chi connectivity index (χ4v) is 4.62. The van der Waals surface area contributed by atoms with Gasteiger partial charge >= 0.3 is 0 Å². The number of benzene rings is 2. The van der Waals surface area contributed by atoms with Crippen molar-refractivity contribution in [1.82, 2.24) is 5.32 Å². The lowest BCUT2D eigenvalue weighted by atomic mass is 10.0. The lowest BCUT2D eigenvalue weighted by molar-refractivity contribution is -0.117. The van der Waals surface area contributed by atoms with Crippen LogP contribution < -0.4 is 10.2 Å². The Bertz CT molecular complexity index is 1020. The number of halogens is 1. The summed E-state index contributed by atoms with van der Waals surface area (Å²) in [5, 5.41) is 12.7. The second-order valence-corrected chi connectivity index (χ2v) is 8.86. The van der Waals surface area contributed by atoms with Crippen molar-refractivity contribution >= 4 is 40.9 Å². The highest BCUT2D eigenvalue weighted by Crippen LogP contribution is 2.42. The summed E-state index contributed by atoms with van der Waals surface area (Å²) in [5.74, 6) is -0.307. The van der Waals surface area contributed by atoms with Gasteiger partial charge < -0.3 is 5.32 Å². The first-order chi connectivity index (χ1) is 14.3. The number of nitrogens with one attached hydrogen (secondary N) is 1. The molecule has 1 fully saturated rings. The van der Waals surface area contributed by atoms with E-state index >= 15 is 0 Å². The molecule has 0 saturated carbocycles. The first-order valence-electron chi connectivity index (χ1n) is 9.57. The van der Waals surface area contributed by atoms with E-state index in [2.05, 4.69) is 19.2 Å². The fourth-order valence-electron chi connectivity index (χ4n) is 3.19. The molecule has 0 spiro atoms. The summed E-state index contributed by atoms with van der Waals surface area (Å²) in [4.78, 5) is 27.1. The monoisotopic (exact) mass is 439 g/mol. The van der Waals surface area contributed by atoms with Gasteiger partial charge in [-0.15, -0.1) is 0 Å². The van der Waals surface area contributed by atoms with Gasteiger partial charge in [0, 0.05) is 17.8 Å². The quantitative estimate of drug-likeness (QED) is 0.544. The zero-order valence-electron chi connectivity index (χ0n) is 17.0. The van der Waals surface area contributed by atoms with Gasteiger partial charge in [0.1, 0.15) is 16.7 Å². The summed E-state index contributed by atoms with van der Waals surface area (Å²) in [6.07, 6.45) is 0.469. The van der Waals surface area contributed by atoms with E-state index in [4.69, 9.17) is 11.6 Å². The van der Waals surface area contributed by atoms with Gasteiger partial charge in [0.2, 0.25) is 5.91 Å². The average Bonchev–Trinajstić information content (AvgIpc) is 3.05. The Labute approximate surface area is 185 Å². The molecule has 1 aliphatic heterocycles. The van der Waals surface area contributed by atoms with E-state index in [9.17, 15) is 14.9 Å². The van der Waals surface area contributed by atoms with E-state index in [1.165, 1.54) is 23.7 Å². The van der Waals surface area contributed by atoms with Crippen molar-refractivity contribution in [3.63, 3.8) is 0 Å². The molecule has 2 amide bonds. The number of nitrogens with zero attached hydrogens (tertiary/aromatic N) is 2. The maximum absolute atomic E-state index is 13.3. The number of anilines is 1. The number of carbonyl (C=O) groups is 2. The van der Waals surface area contributed by atoms with E-state index < -0.39 is 11.2 Å². The normalized spacial score (nSPS) is 17.8. The predicted molar refractivity (Wildman–Crippen MR) is 121 cm³/mol. The Morgan fingerprint density at radius 2 is 1.83 bits per heavy atom. The van der Waals surface area contributed by atoms with Gasteiger partial charge in [-0.1, -0.05) is 61.5 Å². The first-order valence-corrected chi connectivity index (χ1v) is 10.8. The van der Waals surface area contributed by atoms with Crippen molar-refractivity contribution in [2.75, 3.05) is 11.9 Å². The number of hydrogen-bond acceptors (Lipinski definition) is 4. The van der Waals surface area contributed by atoms with Crippen molar-refractivity contribution in [3.8, 4) is 6.07 Å². The lowest BCUT2D eigenvalue weighted by Gasteiger charge is -2.19. The van der Waals surface area contributed by atoms with Crippen LogP contribution in [0.25, 0.3) is 0 Å². The number of nitriles is 1. The topological polar surface area (TPSA) is 73.2 Å². The fraction of sp³-hybridized carbons (Fsp3) is 0.261. The summed E-state index contributed by atoms with van der Waals surface area (Å²) in [6, 6.07) is 16.9. The number of hydrogen-bond donors (Lipinski definition) is 1. The Balaban J connectivity index is 2.02. The molecule has 3 rings (SSSR count).